The molecule has 0 unspecified atom stereocenters. The SMILES string of the molecule is CCC1CCC(CN)(N(C)C(=O)N2CCCC2)CC1. The van der Waals surface area contributed by atoms with Crippen LogP contribution in [0.15, 0.2) is 0 Å². The van der Waals surface area contributed by atoms with Gasteiger partial charge in [0.05, 0.1) is 5.54 Å². The lowest BCUT2D eigenvalue weighted by molar-refractivity contribution is 0.0703. The maximum atomic E-state index is 12.6. The van der Waals surface area contributed by atoms with Gasteiger partial charge in [0, 0.05) is 26.7 Å². The van der Waals surface area contributed by atoms with Crippen LogP contribution in [-0.4, -0.2) is 48.1 Å². The third-order valence-corrected chi connectivity index (χ3v) is 5.37. The molecule has 1 heterocycles. The van der Waals surface area contributed by atoms with Gasteiger partial charge in [0.15, 0.2) is 0 Å². The molecule has 1 saturated heterocycles. The summed E-state index contributed by atoms with van der Waals surface area (Å²) in [5.74, 6) is 0.829. The Morgan fingerprint density at radius 1 is 1.32 bits per heavy atom. The Labute approximate surface area is 117 Å². The molecule has 110 valence electrons. The first-order valence-corrected chi connectivity index (χ1v) is 7.86. The van der Waals surface area contributed by atoms with Crippen LogP contribution in [0.5, 0.6) is 0 Å². The molecule has 0 spiro atoms. The van der Waals surface area contributed by atoms with Gasteiger partial charge in [0.1, 0.15) is 0 Å². The molecule has 0 bridgehead atoms. The van der Waals surface area contributed by atoms with Crippen molar-refractivity contribution in [1.82, 2.24) is 9.80 Å². The topological polar surface area (TPSA) is 49.6 Å². The van der Waals surface area contributed by atoms with Crippen molar-refractivity contribution in [3.63, 3.8) is 0 Å². The Morgan fingerprint density at radius 2 is 1.89 bits per heavy atom. The van der Waals surface area contributed by atoms with E-state index in [4.69, 9.17) is 5.73 Å². The predicted molar refractivity (Wildman–Crippen MR) is 78.0 cm³/mol. The van der Waals surface area contributed by atoms with Gasteiger partial charge in [0.2, 0.25) is 0 Å². The Morgan fingerprint density at radius 3 is 2.37 bits per heavy atom. The zero-order valence-electron chi connectivity index (χ0n) is 12.5. The lowest BCUT2D eigenvalue weighted by Crippen LogP contribution is -2.58. The molecular formula is C15H29N3O. The molecule has 2 amide bonds. The number of hydrogen-bond donors (Lipinski definition) is 1. The number of likely N-dealkylation sites (N-methyl/N-ethyl adjacent to an activating group) is 1. The molecule has 2 N–H and O–H groups in total. The Kier molecular flexibility index (Phi) is 4.71. The molecule has 4 nitrogen and oxygen atoms in total. The molecule has 0 aromatic heterocycles. The summed E-state index contributed by atoms with van der Waals surface area (Å²) in [6.45, 7) is 4.70. The minimum absolute atomic E-state index is 0.0919. The van der Waals surface area contributed by atoms with Crippen molar-refractivity contribution in [3.8, 4) is 0 Å². The zero-order valence-corrected chi connectivity index (χ0v) is 12.5. The molecule has 2 fully saturated rings. The molecule has 0 aromatic rings. The quantitative estimate of drug-likeness (QED) is 0.854. The Hall–Kier alpha value is -0.770. The number of carbonyl (C=O) groups excluding carboxylic acids is 1. The van der Waals surface area contributed by atoms with Crippen molar-refractivity contribution >= 4 is 6.03 Å². The van der Waals surface area contributed by atoms with Gasteiger partial charge >= 0.3 is 6.03 Å². The molecule has 0 aromatic carbocycles. The second kappa shape index (κ2) is 6.12. The van der Waals surface area contributed by atoms with Gasteiger partial charge in [-0.1, -0.05) is 13.3 Å². The van der Waals surface area contributed by atoms with Gasteiger partial charge in [-0.3, -0.25) is 0 Å². The summed E-state index contributed by atoms with van der Waals surface area (Å²) in [5, 5.41) is 0. The number of urea groups is 1. The minimum Gasteiger partial charge on any atom is -0.328 e. The van der Waals surface area contributed by atoms with E-state index in [9.17, 15) is 4.79 Å². The number of likely N-dealkylation sites (tertiary alicyclic amines) is 1. The fourth-order valence-electron chi connectivity index (χ4n) is 3.62. The maximum absolute atomic E-state index is 12.6. The van der Waals surface area contributed by atoms with Crippen LogP contribution in [0, 0.1) is 5.92 Å². The van der Waals surface area contributed by atoms with Crippen LogP contribution >= 0.6 is 0 Å². The normalized spacial score (nSPS) is 31.5. The Bertz CT molecular complexity index is 305. The lowest BCUT2D eigenvalue weighted by Gasteiger charge is -2.46. The predicted octanol–water partition coefficient (Wildman–Crippen LogP) is 2.43. The van der Waals surface area contributed by atoms with Gasteiger partial charge in [0.25, 0.3) is 0 Å². The molecule has 19 heavy (non-hydrogen) atoms. The average Bonchev–Trinajstić information content (AvgIpc) is 3.00. The van der Waals surface area contributed by atoms with E-state index >= 15 is 0 Å². The second-order valence-corrected chi connectivity index (χ2v) is 6.32. The van der Waals surface area contributed by atoms with Crippen LogP contribution in [0.3, 0.4) is 0 Å². The van der Waals surface area contributed by atoms with E-state index in [2.05, 4.69) is 6.92 Å². The summed E-state index contributed by atoms with van der Waals surface area (Å²) in [4.78, 5) is 16.5. The summed E-state index contributed by atoms with van der Waals surface area (Å²) in [6.07, 6.45) is 8.11. The molecule has 1 aliphatic carbocycles. The van der Waals surface area contributed by atoms with Crippen LogP contribution in [0.1, 0.15) is 51.9 Å². The first-order valence-electron chi connectivity index (χ1n) is 7.86. The highest BCUT2D eigenvalue weighted by molar-refractivity contribution is 5.75. The van der Waals surface area contributed by atoms with E-state index in [1.54, 1.807) is 0 Å². The average molecular weight is 267 g/mol. The summed E-state index contributed by atoms with van der Waals surface area (Å²) in [6, 6.07) is 0.192. The standard InChI is InChI=1S/C15H29N3O/c1-3-13-6-8-15(12-16,9-7-13)17(2)14(19)18-10-4-5-11-18/h13H,3-12,16H2,1-2H3. The fourth-order valence-corrected chi connectivity index (χ4v) is 3.62. The summed E-state index contributed by atoms with van der Waals surface area (Å²) in [7, 11) is 1.96. The highest BCUT2D eigenvalue weighted by Gasteiger charge is 2.40. The highest BCUT2D eigenvalue weighted by atomic mass is 16.2. The number of nitrogens with zero attached hydrogens (tertiary/aromatic N) is 2. The van der Waals surface area contributed by atoms with E-state index in [1.807, 2.05) is 16.8 Å². The molecular weight excluding hydrogens is 238 g/mol. The number of hydrogen-bond acceptors (Lipinski definition) is 2. The van der Waals surface area contributed by atoms with Crippen molar-refractivity contribution in [2.45, 2.75) is 57.4 Å². The zero-order chi connectivity index (χ0) is 13.9. The molecule has 1 aliphatic heterocycles. The van der Waals surface area contributed by atoms with Gasteiger partial charge in [-0.25, -0.2) is 4.79 Å². The van der Waals surface area contributed by atoms with E-state index in [0.29, 0.717) is 6.54 Å². The summed E-state index contributed by atoms with van der Waals surface area (Å²) in [5.41, 5.74) is 5.96. The third kappa shape index (κ3) is 2.88. The van der Waals surface area contributed by atoms with Crippen molar-refractivity contribution < 1.29 is 4.79 Å². The fraction of sp³-hybridized carbons (Fsp3) is 0.933. The van der Waals surface area contributed by atoms with Crippen molar-refractivity contribution in [2.24, 2.45) is 11.7 Å². The third-order valence-electron chi connectivity index (χ3n) is 5.37. The van der Waals surface area contributed by atoms with Crippen LogP contribution in [0.2, 0.25) is 0 Å². The second-order valence-electron chi connectivity index (χ2n) is 6.32. The number of nitrogens with two attached hydrogens (primary N) is 1. The molecule has 0 radical (unpaired) electrons. The summed E-state index contributed by atoms with van der Waals surface area (Å²) < 4.78 is 0. The van der Waals surface area contributed by atoms with Crippen molar-refractivity contribution in [3.05, 3.63) is 0 Å². The Balaban J connectivity index is 2.01. The highest BCUT2D eigenvalue weighted by Crippen LogP contribution is 2.37. The number of rotatable bonds is 3. The largest absolute Gasteiger partial charge is 0.328 e. The lowest BCUT2D eigenvalue weighted by atomic mass is 9.75. The van der Waals surface area contributed by atoms with E-state index in [1.165, 1.54) is 19.3 Å². The van der Waals surface area contributed by atoms with E-state index < -0.39 is 0 Å². The maximum Gasteiger partial charge on any atom is 0.320 e. The van der Waals surface area contributed by atoms with Crippen LogP contribution < -0.4 is 5.73 Å². The van der Waals surface area contributed by atoms with E-state index in [-0.39, 0.29) is 11.6 Å². The first kappa shape index (κ1) is 14.6. The van der Waals surface area contributed by atoms with Crippen molar-refractivity contribution in [1.29, 1.82) is 0 Å². The molecule has 2 rings (SSSR count). The monoisotopic (exact) mass is 267 g/mol. The van der Waals surface area contributed by atoms with Gasteiger partial charge < -0.3 is 15.5 Å². The van der Waals surface area contributed by atoms with Crippen LogP contribution in [0.25, 0.3) is 0 Å². The number of amides is 2. The first-order chi connectivity index (χ1) is 9.13. The van der Waals surface area contributed by atoms with Crippen molar-refractivity contribution in [2.75, 3.05) is 26.7 Å². The molecule has 1 saturated carbocycles. The molecule has 4 heteroatoms. The molecule has 0 atom stereocenters. The molecule has 2 aliphatic rings. The minimum atomic E-state index is -0.0919. The van der Waals surface area contributed by atoms with E-state index in [0.717, 1.165) is 44.7 Å². The van der Waals surface area contributed by atoms with Gasteiger partial charge in [-0.15, -0.1) is 0 Å². The van der Waals surface area contributed by atoms with Gasteiger partial charge in [-0.2, -0.15) is 0 Å². The summed E-state index contributed by atoms with van der Waals surface area (Å²) >= 11 is 0. The smallest absolute Gasteiger partial charge is 0.320 e. The number of carbonyl (C=O) groups is 1. The van der Waals surface area contributed by atoms with Crippen LogP contribution in [0.4, 0.5) is 4.79 Å². The van der Waals surface area contributed by atoms with Crippen LogP contribution in [-0.2, 0) is 0 Å². The van der Waals surface area contributed by atoms with Gasteiger partial charge in [-0.05, 0) is 44.4 Å².